The van der Waals surface area contributed by atoms with E-state index in [4.69, 9.17) is 23.2 Å². The maximum absolute atomic E-state index is 13.0. The molecule has 1 saturated heterocycles. The van der Waals surface area contributed by atoms with E-state index in [0.29, 0.717) is 15.7 Å². The molecular weight excluding hydrogens is 395 g/mol. The van der Waals surface area contributed by atoms with Crippen LogP contribution >= 0.6 is 35.6 Å². The number of hydrogen-bond donors (Lipinski definition) is 1. The minimum absolute atomic E-state index is 0. The first-order chi connectivity index (χ1) is 12.1. The summed E-state index contributed by atoms with van der Waals surface area (Å²) in [4.78, 5) is 15.0. The van der Waals surface area contributed by atoms with Crippen LogP contribution in [0, 0.1) is 0 Å². The summed E-state index contributed by atoms with van der Waals surface area (Å²) < 4.78 is 1.65. The number of amides is 1. The maximum atomic E-state index is 13.0. The molecule has 0 atom stereocenters. The lowest BCUT2D eigenvalue weighted by Gasteiger charge is -2.34. The van der Waals surface area contributed by atoms with E-state index in [1.807, 2.05) is 11.0 Å². The molecule has 142 valence electrons. The lowest BCUT2D eigenvalue weighted by molar-refractivity contribution is 0.0636. The summed E-state index contributed by atoms with van der Waals surface area (Å²) in [5.74, 6) is -0.00689. The summed E-state index contributed by atoms with van der Waals surface area (Å²) in [6.07, 6.45) is 4.68. The number of rotatable bonds is 5. The van der Waals surface area contributed by atoms with Crippen molar-refractivity contribution in [3.8, 4) is 5.69 Å². The van der Waals surface area contributed by atoms with Crippen molar-refractivity contribution in [3.63, 3.8) is 0 Å². The number of halogens is 3. The van der Waals surface area contributed by atoms with Crippen LogP contribution in [0.4, 0.5) is 0 Å². The smallest absolute Gasteiger partial charge is 0.274 e. The molecule has 26 heavy (non-hydrogen) atoms. The van der Waals surface area contributed by atoms with Crippen LogP contribution < -0.4 is 5.32 Å². The first kappa shape index (κ1) is 21.0. The SMILES string of the molecule is CCCN(C(=O)c1ccn(-c2ccc(Cl)c(Cl)c2)n1)C1CCNCC1.Cl. The van der Waals surface area contributed by atoms with Crippen LogP contribution in [-0.2, 0) is 0 Å². The molecule has 2 aromatic rings. The summed E-state index contributed by atoms with van der Waals surface area (Å²) in [6, 6.07) is 7.33. The molecule has 1 fully saturated rings. The largest absolute Gasteiger partial charge is 0.334 e. The van der Waals surface area contributed by atoms with Gasteiger partial charge >= 0.3 is 0 Å². The van der Waals surface area contributed by atoms with Gasteiger partial charge in [0.1, 0.15) is 0 Å². The lowest BCUT2D eigenvalue weighted by atomic mass is 10.0. The molecule has 1 aliphatic heterocycles. The number of piperidine rings is 1. The molecule has 3 rings (SSSR count). The van der Waals surface area contributed by atoms with Gasteiger partial charge in [-0.05, 0) is 56.6 Å². The van der Waals surface area contributed by atoms with Crippen molar-refractivity contribution in [1.29, 1.82) is 0 Å². The van der Waals surface area contributed by atoms with E-state index in [1.54, 1.807) is 29.1 Å². The highest BCUT2D eigenvalue weighted by Gasteiger charge is 2.26. The number of aromatic nitrogens is 2. The Labute approximate surface area is 170 Å². The van der Waals surface area contributed by atoms with Crippen molar-refractivity contribution < 1.29 is 4.79 Å². The Morgan fingerprint density at radius 2 is 2.00 bits per heavy atom. The van der Waals surface area contributed by atoms with Crippen molar-refractivity contribution in [1.82, 2.24) is 20.0 Å². The maximum Gasteiger partial charge on any atom is 0.274 e. The molecule has 0 bridgehead atoms. The number of hydrogen-bond acceptors (Lipinski definition) is 3. The van der Waals surface area contributed by atoms with Crippen LogP contribution in [0.15, 0.2) is 30.5 Å². The Morgan fingerprint density at radius 1 is 1.27 bits per heavy atom. The van der Waals surface area contributed by atoms with E-state index in [1.165, 1.54) is 0 Å². The van der Waals surface area contributed by atoms with Crippen molar-refractivity contribution in [3.05, 3.63) is 46.2 Å². The molecule has 8 heteroatoms. The third-order valence-electron chi connectivity index (χ3n) is 4.45. The van der Waals surface area contributed by atoms with Crippen molar-refractivity contribution in [2.45, 2.75) is 32.2 Å². The summed E-state index contributed by atoms with van der Waals surface area (Å²) in [7, 11) is 0. The minimum atomic E-state index is -0.00689. The molecule has 1 N–H and O–H groups in total. The minimum Gasteiger partial charge on any atom is -0.334 e. The Morgan fingerprint density at radius 3 is 2.65 bits per heavy atom. The fourth-order valence-electron chi connectivity index (χ4n) is 3.17. The molecule has 0 spiro atoms. The number of benzene rings is 1. The highest BCUT2D eigenvalue weighted by molar-refractivity contribution is 6.42. The van der Waals surface area contributed by atoms with E-state index in [9.17, 15) is 4.79 Å². The molecule has 0 saturated carbocycles. The second kappa shape index (κ2) is 9.60. The molecular formula is C18H23Cl3N4O. The monoisotopic (exact) mass is 416 g/mol. The van der Waals surface area contributed by atoms with E-state index in [0.717, 1.165) is 44.6 Å². The molecule has 5 nitrogen and oxygen atoms in total. The van der Waals surface area contributed by atoms with Gasteiger partial charge in [-0.3, -0.25) is 4.79 Å². The van der Waals surface area contributed by atoms with E-state index >= 15 is 0 Å². The summed E-state index contributed by atoms with van der Waals surface area (Å²) in [5, 5.41) is 8.76. The van der Waals surface area contributed by atoms with Gasteiger partial charge in [-0.1, -0.05) is 30.1 Å². The normalized spacial score (nSPS) is 14.7. The highest BCUT2D eigenvalue weighted by atomic mass is 35.5. The molecule has 0 radical (unpaired) electrons. The van der Waals surface area contributed by atoms with E-state index in [2.05, 4.69) is 17.3 Å². The first-order valence-corrected chi connectivity index (χ1v) is 9.38. The van der Waals surface area contributed by atoms with Crippen LogP contribution in [0.25, 0.3) is 5.69 Å². The number of nitrogens with one attached hydrogen (secondary N) is 1. The number of carbonyl (C=O) groups is 1. The second-order valence-corrected chi connectivity index (χ2v) is 7.04. The van der Waals surface area contributed by atoms with Gasteiger partial charge < -0.3 is 10.2 Å². The molecule has 1 aliphatic rings. The fourth-order valence-corrected chi connectivity index (χ4v) is 3.46. The van der Waals surface area contributed by atoms with Crippen LogP contribution in [-0.4, -0.2) is 46.3 Å². The Balaban J connectivity index is 0.00000243. The average molecular weight is 418 g/mol. The van der Waals surface area contributed by atoms with Gasteiger partial charge in [0.05, 0.1) is 15.7 Å². The van der Waals surface area contributed by atoms with Crippen LogP contribution in [0.1, 0.15) is 36.7 Å². The van der Waals surface area contributed by atoms with Gasteiger partial charge in [-0.2, -0.15) is 5.10 Å². The Kier molecular flexibility index (Phi) is 7.77. The molecule has 0 aliphatic carbocycles. The van der Waals surface area contributed by atoms with Gasteiger partial charge in [0, 0.05) is 18.8 Å². The molecule has 1 aromatic heterocycles. The summed E-state index contributed by atoms with van der Waals surface area (Å²) in [6.45, 7) is 4.75. The number of nitrogens with zero attached hydrogens (tertiary/aromatic N) is 3. The van der Waals surface area contributed by atoms with Gasteiger partial charge in [0.2, 0.25) is 0 Å². The lowest BCUT2D eigenvalue weighted by Crippen LogP contribution is -2.46. The topological polar surface area (TPSA) is 50.2 Å². The third-order valence-corrected chi connectivity index (χ3v) is 5.19. The third kappa shape index (κ3) is 4.71. The zero-order valence-corrected chi connectivity index (χ0v) is 16.9. The molecule has 1 aromatic carbocycles. The molecule has 2 heterocycles. The standard InChI is InChI=1S/C18H22Cl2N4O.ClH/c1-2-10-23(13-5-8-21-9-6-13)18(25)17-7-11-24(22-17)14-3-4-15(19)16(20)12-14;/h3-4,7,11-13,21H,2,5-6,8-10H2,1H3;1H. The fraction of sp³-hybridized carbons (Fsp3) is 0.444. The molecule has 0 unspecified atom stereocenters. The summed E-state index contributed by atoms with van der Waals surface area (Å²) in [5.41, 5.74) is 1.23. The quantitative estimate of drug-likeness (QED) is 0.793. The van der Waals surface area contributed by atoms with E-state index in [-0.39, 0.29) is 24.4 Å². The van der Waals surface area contributed by atoms with Gasteiger partial charge in [-0.15, -0.1) is 12.4 Å². The van der Waals surface area contributed by atoms with Gasteiger partial charge in [0.25, 0.3) is 5.91 Å². The zero-order valence-electron chi connectivity index (χ0n) is 14.6. The van der Waals surface area contributed by atoms with Crippen LogP contribution in [0.3, 0.4) is 0 Å². The molecule has 1 amide bonds. The van der Waals surface area contributed by atoms with E-state index < -0.39 is 0 Å². The van der Waals surface area contributed by atoms with Gasteiger partial charge in [0.15, 0.2) is 5.69 Å². The average Bonchev–Trinajstić information content (AvgIpc) is 3.12. The number of carbonyl (C=O) groups excluding carboxylic acids is 1. The Bertz CT molecular complexity index is 744. The Hall–Kier alpha value is -1.27. The van der Waals surface area contributed by atoms with Crippen LogP contribution in [0.2, 0.25) is 10.0 Å². The van der Waals surface area contributed by atoms with Crippen molar-refractivity contribution in [2.75, 3.05) is 19.6 Å². The highest BCUT2D eigenvalue weighted by Crippen LogP contribution is 2.24. The zero-order chi connectivity index (χ0) is 17.8. The summed E-state index contributed by atoms with van der Waals surface area (Å²) >= 11 is 12.0. The first-order valence-electron chi connectivity index (χ1n) is 8.63. The predicted octanol–water partition coefficient (Wildman–Crippen LogP) is 4.21. The van der Waals surface area contributed by atoms with Crippen LogP contribution in [0.5, 0.6) is 0 Å². The van der Waals surface area contributed by atoms with Gasteiger partial charge in [-0.25, -0.2) is 4.68 Å². The second-order valence-electron chi connectivity index (χ2n) is 6.22. The predicted molar refractivity (Wildman–Crippen MR) is 108 cm³/mol. The van der Waals surface area contributed by atoms with Crippen molar-refractivity contribution >= 4 is 41.5 Å². The van der Waals surface area contributed by atoms with Crippen molar-refractivity contribution in [2.24, 2.45) is 0 Å².